The first kappa shape index (κ1) is 39.2. The van der Waals surface area contributed by atoms with Crippen molar-refractivity contribution in [3.8, 4) is 57.1 Å². The molecule has 0 atom stereocenters. The molecule has 0 fully saturated rings. The molecule has 0 amide bonds. The van der Waals surface area contributed by atoms with Crippen LogP contribution in [0.2, 0.25) is 15.1 Å². The van der Waals surface area contributed by atoms with Gasteiger partial charge in [-0.15, -0.1) is 0 Å². The quantitative estimate of drug-likeness (QED) is 0.127. The zero-order valence-electron chi connectivity index (χ0n) is 33.4. The third-order valence-corrected chi connectivity index (χ3v) is 11.9. The van der Waals surface area contributed by atoms with E-state index in [1.165, 1.54) is 32.4 Å². The van der Waals surface area contributed by atoms with E-state index >= 15 is 0 Å². The summed E-state index contributed by atoms with van der Waals surface area (Å²) in [6.45, 7) is 6.49. The van der Waals surface area contributed by atoms with E-state index in [0.717, 1.165) is 33.0 Å². The van der Waals surface area contributed by atoms with Crippen molar-refractivity contribution in [2.24, 2.45) is 0 Å². The number of carbonyl (C=O) groups is 2. The monoisotopic (exact) mass is 880 g/mol. The molecule has 8 bridgehead atoms. The lowest BCUT2D eigenvalue weighted by Crippen LogP contribution is -2.10. The largest absolute Gasteiger partial charge is 0.465 e. The average Bonchev–Trinajstić information content (AvgIpc) is 4.01. The van der Waals surface area contributed by atoms with Crippen LogP contribution < -0.4 is 4.74 Å². The summed E-state index contributed by atoms with van der Waals surface area (Å²) in [7, 11) is 2.43. The number of methoxy groups -OCH3 is 2. The number of rotatable bonds is 4. The third kappa shape index (κ3) is 6.39. The molecule has 8 aromatic rings. The molecule has 5 heterocycles. The molecule has 306 valence electrons. The molecule has 16 heteroatoms. The van der Waals surface area contributed by atoms with E-state index in [1.807, 2.05) is 48.5 Å². The molecule has 2 N–H and O–H groups in total. The molecule has 0 saturated carbocycles. The summed E-state index contributed by atoms with van der Waals surface area (Å²) in [4.78, 5) is 62.4. The van der Waals surface area contributed by atoms with Crippen LogP contribution in [0.1, 0.15) is 47.1 Å². The van der Waals surface area contributed by atoms with Crippen molar-refractivity contribution in [1.82, 2.24) is 39.9 Å². The lowest BCUT2D eigenvalue weighted by molar-refractivity contribution is 0.0598. The predicted molar refractivity (Wildman–Crippen MR) is 239 cm³/mol. The number of carbonyl (C=O) groups excluding carboxylic acids is 2. The molecule has 10 rings (SSSR count). The van der Waals surface area contributed by atoms with Gasteiger partial charge in [-0.1, -0.05) is 116 Å². The van der Waals surface area contributed by atoms with Crippen molar-refractivity contribution in [3.05, 3.63) is 117 Å². The van der Waals surface area contributed by atoms with E-state index in [4.69, 9.17) is 78.9 Å². The summed E-state index contributed by atoms with van der Waals surface area (Å²) in [5.74, 6) is 0.0157. The first-order valence-electron chi connectivity index (χ1n) is 19.2. The van der Waals surface area contributed by atoms with Crippen LogP contribution in [0.3, 0.4) is 0 Å². The number of nitrogens with one attached hydrogen (secondary N) is 2. The number of fused-ring (bicyclic) bond motifs is 20. The Kier molecular flexibility index (Phi) is 9.25. The molecule has 0 aliphatic carbocycles. The van der Waals surface area contributed by atoms with E-state index in [1.54, 1.807) is 0 Å². The highest BCUT2D eigenvalue weighted by Crippen LogP contribution is 2.49. The van der Waals surface area contributed by atoms with Crippen molar-refractivity contribution < 1.29 is 23.8 Å². The Morgan fingerprint density at radius 2 is 0.984 bits per heavy atom. The van der Waals surface area contributed by atoms with Gasteiger partial charge in [-0.2, -0.15) is 0 Å². The Bertz CT molecular complexity index is 3420. The maximum atomic E-state index is 12.6. The molecule has 13 nitrogen and oxygen atoms in total. The number of hydrogen-bond acceptors (Lipinski definition) is 11. The van der Waals surface area contributed by atoms with E-state index in [9.17, 15) is 9.59 Å². The second-order valence-electron chi connectivity index (χ2n) is 15.6. The van der Waals surface area contributed by atoms with Gasteiger partial charge in [0.1, 0.15) is 33.4 Å². The molecule has 2 aliphatic heterocycles. The van der Waals surface area contributed by atoms with Crippen LogP contribution in [0.25, 0.3) is 89.7 Å². The minimum absolute atomic E-state index is 0.0108. The molecule has 62 heavy (non-hydrogen) atoms. The normalized spacial score (nSPS) is 12.0. The fraction of sp³-hybridized carbons (Fsp3) is 0.130. The number of nitrogens with zero attached hydrogens (tertiary/aromatic N) is 6. The minimum Gasteiger partial charge on any atom is -0.465 e. The molecule has 0 unspecified atom stereocenters. The third-order valence-electron chi connectivity index (χ3n) is 10.7. The number of hydrogen-bond donors (Lipinski definition) is 2. The van der Waals surface area contributed by atoms with Crippen LogP contribution in [0.5, 0.6) is 11.5 Å². The fourth-order valence-electron chi connectivity index (χ4n) is 7.61. The number of aromatic amines is 2. The van der Waals surface area contributed by atoms with Crippen molar-refractivity contribution in [2.45, 2.75) is 26.2 Å². The number of benzene rings is 5. The van der Waals surface area contributed by atoms with Crippen molar-refractivity contribution in [3.63, 3.8) is 0 Å². The van der Waals surface area contributed by atoms with Gasteiger partial charge in [0.15, 0.2) is 29.0 Å². The Morgan fingerprint density at radius 1 is 0.532 bits per heavy atom. The molecule has 2 aliphatic rings. The molecule has 5 aromatic carbocycles. The number of esters is 2. The number of H-pyrrole nitrogens is 2. The van der Waals surface area contributed by atoms with Gasteiger partial charge < -0.3 is 24.2 Å². The SMILES string of the molecule is COC(=O)c1cc(Oc2c(Cl)c(Cl)c3c4nc5nc(nc6[nH]c(nc7nc(nc([nH]4)c3c2Cl)-c2ccccc2-7)c2cc(C(C)(C)C)ccc62)-c2ccccc2-5)cc(C(=O)OC)c1. The van der Waals surface area contributed by atoms with Gasteiger partial charge in [0, 0.05) is 33.0 Å². The van der Waals surface area contributed by atoms with Crippen LogP contribution in [0.15, 0.2) is 84.9 Å². The zero-order valence-corrected chi connectivity index (χ0v) is 35.7. The molecular formula is C46H31Cl3N8O5. The lowest BCUT2D eigenvalue weighted by Gasteiger charge is -2.18. The summed E-state index contributed by atoms with van der Waals surface area (Å²) >= 11 is 21.5. The summed E-state index contributed by atoms with van der Waals surface area (Å²) in [6.07, 6.45) is 0. The van der Waals surface area contributed by atoms with Gasteiger partial charge in [0.05, 0.1) is 46.2 Å². The van der Waals surface area contributed by atoms with Gasteiger partial charge in [0.25, 0.3) is 0 Å². The van der Waals surface area contributed by atoms with E-state index in [0.29, 0.717) is 45.5 Å². The van der Waals surface area contributed by atoms with Gasteiger partial charge in [-0.3, -0.25) is 0 Å². The Hall–Kier alpha value is -6.93. The Morgan fingerprint density at radius 3 is 1.47 bits per heavy atom. The first-order chi connectivity index (χ1) is 29.8. The lowest BCUT2D eigenvalue weighted by atomic mass is 9.86. The summed E-state index contributed by atoms with van der Waals surface area (Å²) in [5, 5.41) is 2.26. The predicted octanol–water partition coefficient (Wildman–Crippen LogP) is 11.5. The second kappa shape index (κ2) is 14.6. The summed E-state index contributed by atoms with van der Waals surface area (Å²) in [6, 6.07) is 25.7. The fourth-order valence-corrected chi connectivity index (χ4v) is 8.48. The van der Waals surface area contributed by atoms with Gasteiger partial charge >= 0.3 is 11.9 Å². The zero-order chi connectivity index (χ0) is 43.2. The van der Waals surface area contributed by atoms with Crippen molar-refractivity contribution >= 4 is 90.9 Å². The maximum Gasteiger partial charge on any atom is 0.338 e. The Labute approximate surface area is 367 Å². The van der Waals surface area contributed by atoms with Gasteiger partial charge in [-0.25, -0.2) is 39.5 Å². The molecule has 0 spiro atoms. The van der Waals surface area contributed by atoms with E-state index < -0.39 is 11.9 Å². The molecule has 3 aromatic heterocycles. The van der Waals surface area contributed by atoms with Crippen LogP contribution in [-0.2, 0) is 14.9 Å². The average molecular weight is 882 g/mol. The van der Waals surface area contributed by atoms with Crippen LogP contribution >= 0.6 is 34.8 Å². The standard InChI is InChI=1S/C46H31Cl3N8O5/c1-46(2,3)22-14-15-28-29(19-22)41-53-37-25-11-7-9-13-27(25)39(51-37)56-43-31-30(42(57-43)55-38-26-12-8-6-10-24(26)36(50-38)52-40(28)54-41)32(47)34(49)35(33(31)48)62-23-17-20(44(58)60-4)16-21(18-23)45(59)61-5/h6-19H,1-5H3,(H2,50,51,52,53,54,55,56,57). The van der Waals surface area contributed by atoms with E-state index in [-0.39, 0.29) is 59.8 Å². The molecule has 0 saturated heterocycles. The smallest absolute Gasteiger partial charge is 0.338 e. The summed E-state index contributed by atoms with van der Waals surface area (Å²) < 4.78 is 16.1. The first-order valence-corrected chi connectivity index (χ1v) is 20.3. The second-order valence-corrected chi connectivity index (χ2v) is 16.7. The highest BCUT2D eigenvalue weighted by atomic mass is 35.5. The van der Waals surface area contributed by atoms with Crippen LogP contribution in [0, 0.1) is 0 Å². The van der Waals surface area contributed by atoms with Crippen molar-refractivity contribution in [1.29, 1.82) is 0 Å². The summed E-state index contributed by atoms with van der Waals surface area (Å²) in [5.41, 5.74) is 5.56. The minimum atomic E-state index is -0.718. The van der Waals surface area contributed by atoms with Crippen LogP contribution in [-0.4, -0.2) is 66.0 Å². The number of ether oxygens (including phenoxy) is 3. The Balaban J connectivity index is 1.31. The molecular weight excluding hydrogens is 851 g/mol. The number of halogens is 3. The maximum absolute atomic E-state index is 12.6. The molecule has 0 radical (unpaired) electrons. The van der Waals surface area contributed by atoms with Gasteiger partial charge in [-0.05, 0) is 35.2 Å². The van der Waals surface area contributed by atoms with Crippen molar-refractivity contribution in [2.75, 3.05) is 14.2 Å². The highest BCUT2D eigenvalue weighted by molar-refractivity contribution is 6.51. The number of aromatic nitrogens is 8. The van der Waals surface area contributed by atoms with Gasteiger partial charge in [0.2, 0.25) is 0 Å². The van der Waals surface area contributed by atoms with E-state index in [2.05, 4.69) is 48.9 Å². The van der Waals surface area contributed by atoms with Crippen LogP contribution in [0.4, 0.5) is 0 Å². The topological polar surface area (TPSA) is 171 Å². The highest BCUT2D eigenvalue weighted by Gasteiger charge is 2.27.